The number of halogens is 1. The summed E-state index contributed by atoms with van der Waals surface area (Å²) in [5.41, 5.74) is 11.9. The molecule has 0 amide bonds. The topological polar surface area (TPSA) is 176 Å². The Morgan fingerprint density at radius 1 is 0.950 bits per heavy atom. The van der Waals surface area contributed by atoms with Gasteiger partial charge in [-0.25, -0.2) is 12.7 Å². The number of benzene rings is 2. The fourth-order valence-corrected chi connectivity index (χ4v) is 6.31. The first-order valence-corrected chi connectivity index (χ1v) is 14.7. The molecule has 0 bridgehead atoms. The van der Waals surface area contributed by atoms with E-state index in [1.807, 2.05) is 0 Å². The number of hydrogen-bond acceptors (Lipinski definition) is 9. The number of nitrogens with two attached hydrogens (primary N) is 2. The predicted molar refractivity (Wildman–Crippen MR) is 152 cm³/mol. The minimum Gasteiger partial charge on any atom is -0.493 e. The van der Waals surface area contributed by atoms with Crippen molar-refractivity contribution in [2.45, 2.75) is 29.6 Å². The van der Waals surface area contributed by atoms with E-state index in [0.29, 0.717) is 24.2 Å². The molecule has 3 rings (SSSR count). The zero-order valence-electron chi connectivity index (χ0n) is 22.0. The van der Waals surface area contributed by atoms with Gasteiger partial charge in [0.05, 0.1) is 6.61 Å². The van der Waals surface area contributed by atoms with Crippen LogP contribution in [0.15, 0.2) is 81.9 Å². The van der Waals surface area contributed by atoms with Gasteiger partial charge in [-0.1, -0.05) is 12.1 Å². The summed E-state index contributed by atoms with van der Waals surface area (Å²) < 4.78 is 65.4. The van der Waals surface area contributed by atoms with Crippen molar-refractivity contribution in [3.8, 4) is 11.5 Å². The molecule has 15 heteroatoms. The van der Waals surface area contributed by atoms with Crippen LogP contribution in [0.4, 0.5) is 0 Å². The van der Waals surface area contributed by atoms with Crippen LogP contribution in [-0.2, 0) is 31.4 Å². The van der Waals surface area contributed by atoms with Gasteiger partial charge in [-0.3, -0.25) is 4.98 Å². The molecule has 3 aromatic rings. The van der Waals surface area contributed by atoms with Crippen LogP contribution in [-0.4, -0.2) is 58.9 Å². The number of sulfonamides is 1. The molecule has 0 aliphatic heterocycles. The normalized spacial score (nSPS) is 11.4. The number of aromatic nitrogens is 1. The van der Waals surface area contributed by atoms with E-state index in [1.165, 1.54) is 43.4 Å². The first-order valence-electron chi connectivity index (χ1n) is 11.8. The summed E-state index contributed by atoms with van der Waals surface area (Å²) in [4.78, 5) is 7.98. The quantitative estimate of drug-likeness (QED) is 0.0902. The molecule has 0 aliphatic rings. The molecule has 0 unspecified atom stereocenters. The molecule has 0 radical (unpaired) electrons. The molecule has 0 atom stereocenters. The Morgan fingerprint density at radius 2 is 1.60 bits per heavy atom. The lowest BCUT2D eigenvalue weighted by Crippen LogP contribution is -2.30. The molecular weight excluding hydrogens is 582 g/mol. The van der Waals surface area contributed by atoms with Crippen LogP contribution in [0.5, 0.6) is 11.5 Å². The highest BCUT2D eigenvalue weighted by atomic mass is 35.5. The van der Waals surface area contributed by atoms with Crippen LogP contribution in [0.2, 0.25) is 0 Å². The van der Waals surface area contributed by atoms with Crippen molar-refractivity contribution in [3.05, 3.63) is 78.1 Å². The summed E-state index contributed by atoms with van der Waals surface area (Å²) in [5, 5.41) is 3.41. The zero-order chi connectivity index (χ0) is 28.5. The van der Waals surface area contributed by atoms with E-state index in [-0.39, 0.29) is 48.8 Å². The van der Waals surface area contributed by atoms with Crippen molar-refractivity contribution >= 4 is 38.5 Å². The predicted octanol–water partition coefficient (Wildman–Crippen LogP) is 2.42. The number of hydrogen-bond donors (Lipinski definition) is 2. The molecule has 0 spiro atoms. The Hall–Kier alpha value is -3.59. The third-order valence-electron chi connectivity index (χ3n) is 5.32. The molecule has 0 saturated carbocycles. The van der Waals surface area contributed by atoms with Crippen LogP contribution in [0.1, 0.15) is 17.5 Å². The van der Waals surface area contributed by atoms with Crippen LogP contribution in [0, 0.1) is 6.92 Å². The molecule has 0 fully saturated rings. The highest BCUT2D eigenvalue weighted by Crippen LogP contribution is 2.29. The van der Waals surface area contributed by atoms with E-state index in [4.69, 9.17) is 25.2 Å². The summed E-state index contributed by atoms with van der Waals surface area (Å²) in [6.07, 6.45) is 4.12. The van der Waals surface area contributed by atoms with E-state index >= 15 is 0 Å². The van der Waals surface area contributed by atoms with E-state index in [0.717, 1.165) is 9.87 Å². The first kappa shape index (κ1) is 32.6. The van der Waals surface area contributed by atoms with Gasteiger partial charge in [0.2, 0.25) is 16.0 Å². The van der Waals surface area contributed by atoms with Crippen molar-refractivity contribution in [3.63, 3.8) is 0 Å². The van der Waals surface area contributed by atoms with Gasteiger partial charge in [0, 0.05) is 38.5 Å². The summed E-state index contributed by atoms with van der Waals surface area (Å²) in [5.74, 6) is 0.141. The standard InChI is InChI=1S/C25H31N5O7S2.ClH/c1-19-16-21(35-14-5-15-36-29-25(26)27)18-22(17-19)37-39(33,34)24-7-4-3-6-23(24)38(31,32)30(2)13-10-20-8-11-28-12-9-20;/h3-4,6-9,11-12,16-18H,5,10,13-15H2,1-2H3,(H4,26,27,29);1H. The minimum absolute atomic E-state index is 0. The number of ether oxygens (including phenoxy) is 1. The van der Waals surface area contributed by atoms with Crippen LogP contribution >= 0.6 is 12.4 Å². The Balaban J connectivity index is 0.00000560. The van der Waals surface area contributed by atoms with Crippen LogP contribution in [0.3, 0.4) is 0 Å². The zero-order valence-corrected chi connectivity index (χ0v) is 24.4. The lowest BCUT2D eigenvalue weighted by Gasteiger charge is -2.19. The number of aryl methyl sites for hydroxylation is 1. The van der Waals surface area contributed by atoms with Gasteiger partial charge in [0.25, 0.3) is 0 Å². The van der Waals surface area contributed by atoms with Crippen molar-refractivity contribution in [2.24, 2.45) is 16.6 Å². The second-order valence-corrected chi connectivity index (χ2v) is 12.0. The lowest BCUT2D eigenvalue weighted by molar-refractivity contribution is 0.127. The molecule has 1 heterocycles. The Labute approximate surface area is 240 Å². The van der Waals surface area contributed by atoms with Crippen LogP contribution < -0.4 is 20.4 Å². The average Bonchev–Trinajstić information content (AvgIpc) is 2.89. The summed E-state index contributed by atoms with van der Waals surface area (Å²) >= 11 is 0. The highest BCUT2D eigenvalue weighted by Gasteiger charge is 2.30. The van der Waals surface area contributed by atoms with Gasteiger partial charge >= 0.3 is 10.1 Å². The number of guanidine groups is 1. The molecule has 12 nitrogen and oxygen atoms in total. The molecule has 4 N–H and O–H groups in total. The number of oxime groups is 1. The maximum atomic E-state index is 13.4. The highest BCUT2D eigenvalue weighted by molar-refractivity contribution is 7.91. The van der Waals surface area contributed by atoms with Gasteiger partial charge in [-0.15, -0.1) is 12.4 Å². The maximum absolute atomic E-state index is 13.4. The Bertz CT molecular complexity index is 1500. The Kier molecular flexibility index (Phi) is 12.0. The van der Waals surface area contributed by atoms with Gasteiger partial charge < -0.3 is 25.2 Å². The van der Waals surface area contributed by atoms with Crippen molar-refractivity contribution < 1.29 is 30.6 Å². The number of likely N-dealkylation sites (N-methyl/N-ethyl adjacent to an activating group) is 1. The van der Waals surface area contributed by atoms with E-state index < -0.39 is 25.0 Å². The minimum atomic E-state index is -4.53. The number of rotatable bonds is 14. The molecular formula is C25H32ClN5O7S2. The second-order valence-electron chi connectivity index (χ2n) is 8.45. The van der Waals surface area contributed by atoms with E-state index in [9.17, 15) is 16.8 Å². The van der Waals surface area contributed by atoms with Crippen LogP contribution in [0.25, 0.3) is 0 Å². The van der Waals surface area contributed by atoms with E-state index in [2.05, 4.69) is 10.1 Å². The molecule has 0 aliphatic carbocycles. The van der Waals surface area contributed by atoms with Gasteiger partial charge in [-0.2, -0.15) is 8.42 Å². The third kappa shape index (κ3) is 9.26. The molecule has 2 aromatic carbocycles. The fraction of sp³-hybridized carbons (Fsp3) is 0.280. The van der Waals surface area contributed by atoms with Crippen molar-refractivity contribution in [1.82, 2.24) is 9.29 Å². The lowest BCUT2D eigenvalue weighted by atomic mass is 10.2. The van der Waals surface area contributed by atoms with Gasteiger partial charge in [-0.05, 0) is 66.0 Å². The average molecular weight is 614 g/mol. The van der Waals surface area contributed by atoms with Crippen molar-refractivity contribution in [2.75, 3.05) is 26.8 Å². The van der Waals surface area contributed by atoms with Gasteiger partial charge in [0.15, 0.2) is 0 Å². The summed E-state index contributed by atoms with van der Waals surface area (Å²) in [7, 11) is -7.29. The van der Waals surface area contributed by atoms with E-state index in [1.54, 1.807) is 37.5 Å². The SMILES string of the molecule is Cc1cc(OCCCON=C(N)N)cc(OS(=O)(=O)c2ccccc2S(=O)(=O)N(C)CCc2ccncc2)c1.Cl. The Morgan fingerprint density at radius 3 is 2.27 bits per heavy atom. The molecule has 218 valence electrons. The number of pyridine rings is 1. The fourth-order valence-electron chi connectivity index (χ4n) is 3.44. The first-order chi connectivity index (χ1) is 18.5. The second kappa shape index (κ2) is 14.7. The summed E-state index contributed by atoms with van der Waals surface area (Å²) in [6, 6.07) is 13.5. The molecule has 0 saturated heterocycles. The third-order valence-corrected chi connectivity index (χ3v) is 8.67. The summed E-state index contributed by atoms with van der Waals surface area (Å²) in [6.45, 7) is 2.33. The largest absolute Gasteiger partial charge is 0.493 e. The monoisotopic (exact) mass is 613 g/mol. The molecule has 1 aromatic heterocycles. The smallest absolute Gasteiger partial charge is 0.340 e. The number of nitrogens with zero attached hydrogens (tertiary/aromatic N) is 3. The maximum Gasteiger partial charge on any atom is 0.340 e. The van der Waals surface area contributed by atoms with Gasteiger partial charge in [0.1, 0.15) is 27.9 Å². The van der Waals surface area contributed by atoms with Crippen molar-refractivity contribution in [1.29, 1.82) is 0 Å². The molecule has 40 heavy (non-hydrogen) atoms.